The Hall–Kier alpha value is -1.07. The van der Waals surface area contributed by atoms with Crippen molar-refractivity contribution in [1.29, 1.82) is 0 Å². The Morgan fingerprint density at radius 2 is 2.46 bits per heavy atom. The van der Waals surface area contributed by atoms with E-state index in [1.165, 1.54) is 17.8 Å². The number of carbonyl (C=O) groups excluding carboxylic acids is 1. The minimum Gasteiger partial charge on any atom is -0.297 e. The van der Waals surface area contributed by atoms with Gasteiger partial charge in [0.2, 0.25) is 0 Å². The van der Waals surface area contributed by atoms with E-state index in [1.54, 1.807) is 0 Å². The summed E-state index contributed by atoms with van der Waals surface area (Å²) in [5.41, 5.74) is 0.871. The van der Waals surface area contributed by atoms with Gasteiger partial charge >= 0.3 is 0 Å². The third kappa shape index (κ3) is 3.04. The van der Waals surface area contributed by atoms with Crippen molar-refractivity contribution < 1.29 is 4.79 Å². The highest BCUT2D eigenvalue weighted by Crippen LogP contribution is 2.12. The number of hydrogen-bond acceptors (Lipinski definition) is 2. The molecule has 0 unspecified atom stereocenters. The van der Waals surface area contributed by atoms with Crippen LogP contribution in [0.2, 0.25) is 0 Å². The van der Waals surface area contributed by atoms with Gasteiger partial charge < -0.3 is 0 Å². The third-order valence-electron chi connectivity index (χ3n) is 1.68. The molecular formula is C11H12OS. The molecule has 1 aromatic rings. The van der Waals surface area contributed by atoms with Crippen molar-refractivity contribution in [2.24, 2.45) is 0 Å². The molecule has 0 fully saturated rings. The Labute approximate surface area is 82.8 Å². The van der Waals surface area contributed by atoms with Crippen LogP contribution in [0.4, 0.5) is 0 Å². The minimum atomic E-state index is 0.740. The van der Waals surface area contributed by atoms with Gasteiger partial charge in [0, 0.05) is 12.0 Å². The number of hydrogen-bond donors (Lipinski definition) is 0. The fourth-order valence-electron chi connectivity index (χ4n) is 0.938. The number of rotatable bonds is 3. The van der Waals surface area contributed by atoms with E-state index in [0.717, 1.165) is 29.6 Å². The Kier molecular flexibility index (Phi) is 4.28. The van der Waals surface area contributed by atoms with E-state index in [4.69, 9.17) is 0 Å². The van der Waals surface area contributed by atoms with Crippen LogP contribution < -0.4 is 0 Å². The van der Waals surface area contributed by atoms with Gasteiger partial charge in [-0.25, -0.2) is 0 Å². The molecule has 0 saturated carbocycles. The van der Waals surface area contributed by atoms with Crippen molar-refractivity contribution in [3.63, 3.8) is 0 Å². The molecule has 0 radical (unpaired) electrons. The quantitative estimate of drug-likeness (QED) is 0.408. The maximum Gasteiger partial charge on any atom is 0.161 e. The molecule has 1 rings (SSSR count). The van der Waals surface area contributed by atoms with Crippen molar-refractivity contribution in [3.05, 3.63) is 21.9 Å². The van der Waals surface area contributed by atoms with Crippen molar-refractivity contribution in [1.82, 2.24) is 0 Å². The van der Waals surface area contributed by atoms with Gasteiger partial charge in [-0.15, -0.1) is 11.3 Å². The maximum atomic E-state index is 10.5. The normalized spacial score (nSPS) is 9.00. The highest BCUT2D eigenvalue weighted by atomic mass is 32.1. The first-order chi connectivity index (χ1) is 6.38. The average Bonchev–Trinajstić information content (AvgIpc) is 2.60. The molecule has 2 heteroatoms. The highest BCUT2D eigenvalue weighted by molar-refractivity contribution is 7.11. The molecule has 1 heterocycles. The Morgan fingerprint density at radius 1 is 1.62 bits per heavy atom. The molecule has 0 saturated heterocycles. The van der Waals surface area contributed by atoms with Crippen LogP contribution in [0.1, 0.15) is 41.4 Å². The van der Waals surface area contributed by atoms with Crippen molar-refractivity contribution in [2.75, 3.05) is 0 Å². The second-order valence-electron chi connectivity index (χ2n) is 2.72. The molecular weight excluding hydrogens is 180 g/mol. The lowest BCUT2D eigenvalue weighted by Gasteiger charge is -1.85. The van der Waals surface area contributed by atoms with Gasteiger partial charge in [0.25, 0.3) is 0 Å². The summed E-state index contributed by atoms with van der Waals surface area (Å²) in [6.07, 6.45) is 4.09. The summed E-state index contributed by atoms with van der Waals surface area (Å²) in [5.74, 6) is 6.07. The van der Waals surface area contributed by atoms with Crippen LogP contribution >= 0.6 is 11.3 Å². The summed E-state index contributed by atoms with van der Waals surface area (Å²) >= 11 is 1.44. The summed E-state index contributed by atoms with van der Waals surface area (Å²) in [5, 5.41) is 1.90. The topological polar surface area (TPSA) is 17.1 Å². The van der Waals surface area contributed by atoms with E-state index in [2.05, 4.69) is 18.8 Å². The molecule has 68 valence electrons. The maximum absolute atomic E-state index is 10.5. The van der Waals surface area contributed by atoms with Crippen LogP contribution in [0.15, 0.2) is 11.4 Å². The van der Waals surface area contributed by atoms with E-state index in [9.17, 15) is 4.79 Å². The standard InChI is InChI=1S/C11H12OS/c1-2-3-4-5-6-10-7-8-13-11(10)9-12/h7-9H,2-4H2,1H3. The summed E-state index contributed by atoms with van der Waals surface area (Å²) in [6, 6.07) is 1.90. The fourth-order valence-corrected chi connectivity index (χ4v) is 1.59. The van der Waals surface area contributed by atoms with E-state index >= 15 is 0 Å². The van der Waals surface area contributed by atoms with Crippen LogP contribution in [0.3, 0.4) is 0 Å². The van der Waals surface area contributed by atoms with Crippen molar-refractivity contribution in [2.45, 2.75) is 26.2 Å². The summed E-state index contributed by atoms with van der Waals surface area (Å²) in [4.78, 5) is 11.3. The average molecular weight is 192 g/mol. The van der Waals surface area contributed by atoms with Crippen LogP contribution in [0, 0.1) is 11.8 Å². The largest absolute Gasteiger partial charge is 0.297 e. The molecule has 0 aromatic carbocycles. The van der Waals surface area contributed by atoms with E-state index in [0.29, 0.717) is 0 Å². The van der Waals surface area contributed by atoms with Gasteiger partial charge in [-0.3, -0.25) is 4.79 Å². The van der Waals surface area contributed by atoms with Crippen molar-refractivity contribution in [3.8, 4) is 11.8 Å². The predicted molar refractivity (Wildman–Crippen MR) is 56.1 cm³/mol. The Morgan fingerprint density at radius 3 is 3.15 bits per heavy atom. The monoisotopic (exact) mass is 192 g/mol. The Balaban J connectivity index is 2.60. The zero-order chi connectivity index (χ0) is 9.52. The molecule has 0 aliphatic heterocycles. The number of thiophene rings is 1. The lowest BCUT2D eigenvalue weighted by molar-refractivity contribution is 0.112. The first-order valence-electron chi connectivity index (χ1n) is 4.40. The molecule has 0 N–H and O–H groups in total. The van der Waals surface area contributed by atoms with E-state index in [-0.39, 0.29) is 0 Å². The summed E-state index contributed by atoms with van der Waals surface area (Å²) in [6.45, 7) is 2.14. The lowest BCUT2D eigenvalue weighted by Crippen LogP contribution is -1.77. The summed E-state index contributed by atoms with van der Waals surface area (Å²) in [7, 11) is 0. The summed E-state index contributed by atoms with van der Waals surface area (Å²) < 4.78 is 0. The van der Waals surface area contributed by atoms with Gasteiger partial charge in [0.15, 0.2) is 6.29 Å². The van der Waals surface area contributed by atoms with Crippen LogP contribution in [-0.2, 0) is 0 Å². The highest BCUT2D eigenvalue weighted by Gasteiger charge is 1.97. The van der Waals surface area contributed by atoms with Crippen LogP contribution in [-0.4, -0.2) is 6.29 Å². The van der Waals surface area contributed by atoms with E-state index < -0.39 is 0 Å². The molecule has 1 aromatic heterocycles. The molecule has 0 atom stereocenters. The van der Waals surface area contributed by atoms with Gasteiger partial charge in [-0.2, -0.15) is 0 Å². The smallest absolute Gasteiger partial charge is 0.161 e. The molecule has 0 spiro atoms. The van der Waals surface area contributed by atoms with Gasteiger partial charge in [-0.05, 0) is 17.9 Å². The van der Waals surface area contributed by atoms with Crippen molar-refractivity contribution >= 4 is 17.6 Å². The van der Waals surface area contributed by atoms with Crippen LogP contribution in [0.25, 0.3) is 0 Å². The zero-order valence-corrected chi connectivity index (χ0v) is 8.49. The van der Waals surface area contributed by atoms with Crippen LogP contribution in [0.5, 0.6) is 0 Å². The Bertz CT molecular complexity index is 327. The van der Waals surface area contributed by atoms with Gasteiger partial charge in [0.05, 0.1) is 4.88 Å². The third-order valence-corrected chi connectivity index (χ3v) is 2.52. The molecule has 0 aliphatic rings. The molecule has 0 amide bonds. The molecule has 13 heavy (non-hydrogen) atoms. The SMILES string of the molecule is CCCCC#Cc1ccsc1C=O. The molecule has 0 aliphatic carbocycles. The number of unbranched alkanes of at least 4 members (excludes halogenated alkanes) is 2. The predicted octanol–water partition coefficient (Wildman–Crippen LogP) is 3.10. The second-order valence-corrected chi connectivity index (χ2v) is 3.67. The molecule has 0 bridgehead atoms. The number of aldehydes is 1. The minimum absolute atomic E-state index is 0.740. The fraction of sp³-hybridized carbons (Fsp3) is 0.364. The first-order valence-corrected chi connectivity index (χ1v) is 5.28. The second kappa shape index (κ2) is 5.55. The number of carbonyl (C=O) groups is 1. The van der Waals surface area contributed by atoms with Gasteiger partial charge in [0.1, 0.15) is 0 Å². The zero-order valence-electron chi connectivity index (χ0n) is 7.67. The first kappa shape index (κ1) is 10.0. The lowest BCUT2D eigenvalue weighted by atomic mass is 10.2. The van der Waals surface area contributed by atoms with Gasteiger partial charge in [-0.1, -0.05) is 25.2 Å². The van der Waals surface area contributed by atoms with E-state index in [1.807, 2.05) is 11.4 Å². The molecule has 1 nitrogen and oxygen atoms in total.